The summed E-state index contributed by atoms with van der Waals surface area (Å²) in [5.41, 5.74) is 9.27. The van der Waals surface area contributed by atoms with Gasteiger partial charge in [-0.15, -0.1) is 0 Å². The summed E-state index contributed by atoms with van der Waals surface area (Å²) < 4.78 is 5.94. The predicted molar refractivity (Wildman–Crippen MR) is 111 cm³/mol. The van der Waals surface area contributed by atoms with Gasteiger partial charge in [-0.1, -0.05) is 35.3 Å². The molecule has 1 fully saturated rings. The number of hydrogen-bond acceptors (Lipinski definition) is 4. The summed E-state index contributed by atoms with van der Waals surface area (Å²) in [5.74, 6) is 0.249. The van der Waals surface area contributed by atoms with Crippen LogP contribution in [0.15, 0.2) is 30.3 Å². The first kappa shape index (κ1) is 19.1. The van der Waals surface area contributed by atoms with E-state index in [-0.39, 0.29) is 6.10 Å². The van der Waals surface area contributed by atoms with E-state index in [1.165, 1.54) is 0 Å². The topological polar surface area (TPSA) is 84.2 Å². The number of nitrogens with two attached hydrogens (primary N) is 1. The van der Waals surface area contributed by atoms with Crippen LogP contribution in [0.5, 0.6) is 0 Å². The Balaban J connectivity index is 1.61. The van der Waals surface area contributed by atoms with Gasteiger partial charge >= 0.3 is 0 Å². The number of amides is 1. The van der Waals surface area contributed by atoms with Gasteiger partial charge in [0.05, 0.1) is 33.8 Å². The molecule has 1 unspecified atom stereocenters. The van der Waals surface area contributed by atoms with Crippen LogP contribution in [-0.2, 0) is 11.2 Å². The molecular formula is C20H20Cl2N4O2. The van der Waals surface area contributed by atoms with Crippen LogP contribution in [0.4, 0.5) is 5.69 Å². The normalized spacial score (nSPS) is 17.2. The van der Waals surface area contributed by atoms with E-state index >= 15 is 0 Å². The van der Waals surface area contributed by atoms with E-state index in [2.05, 4.69) is 14.9 Å². The Morgan fingerprint density at radius 2 is 2.21 bits per heavy atom. The summed E-state index contributed by atoms with van der Waals surface area (Å²) in [6.07, 6.45) is 0.616. The second kappa shape index (κ2) is 7.62. The maximum Gasteiger partial charge on any atom is 0.251 e. The van der Waals surface area contributed by atoms with Crippen molar-refractivity contribution in [2.75, 3.05) is 24.6 Å². The standard InChI is InChI=1S/C20H20Cl2N4O2/c1-11-24-17-9-13(8-15(20(23)27)19(17)25-11)26-5-6-28-14(10-26)7-12-3-2-4-16(21)18(12)22/h2-4,8-9,14H,5-7,10H2,1H3,(H2,23,27)(H,24,25). The fourth-order valence-electron chi connectivity index (χ4n) is 3.62. The van der Waals surface area contributed by atoms with Crippen molar-refractivity contribution in [2.24, 2.45) is 5.73 Å². The fraction of sp³-hybridized carbons (Fsp3) is 0.300. The smallest absolute Gasteiger partial charge is 0.251 e. The van der Waals surface area contributed by atoms with Gasteiger partial charge in [0.15, 0.2) is 0 Å². The van der Waals surface area contributed by atoms with E-state index in [9.17, 15) is 4.79 Å². The van der Waals surface area contributed by atoms with Crippen LogP contribution in [0.3, 0.4) is 0 Å². The third kappa shape index (κ3) is 3.68. The van der Waals surface area contributed by atoms with Crippen LogP contribution >= 0.6 is 23.2 Å². The molecule has 2 heterocycles. The molecule has 28 heavy (non-hydrogen) atoms. The summed E-state index contributed by atoms with van der Waals surface area (Å²) in [6.45, 7) is 3.81. The number of primary amides is 1. The largest absolute Gasteiger partial charge is 0.374 e. The first-order valence-corrected chi connectivity index (χ1v) is 9.77. The number of nitrogens with zero attached hydrogens (tertiary/aromatic N) is 2. The quantitative estimate of drug-likeness (QED) is 0.675. The van der Waals surface area contributed by atoms with Gasteiger partial charge in [-0.05, 0) is 30.7 Å². The second-order valence-corrected chi connectivity index (χ2v) is 7.72. The number of aromatic amines is 1. The van der Waals surface area contributed by atoms with Gasteiger partial charge in [0, 0.05) is 25.2 Å². The number of aryl methyl sites for hydroxylation is 1. The number of halogens is 2. The average Bonchev–Trinajstić information content (AvgIpc) is 3.04. The van der Waals surface area contributed by atoms with Crippen molar-refractivity contribution in [2.45, 2.75) is 19.4 Å². The van der Waals surface area contributed by atoms with Crippen LogP contribution in [0.2, 0.25) is 10.0 Å². The molecule has 1 aliphatic heterocycles. The van der Waals surface area contributed by atoms with Gasteiger partial charge in [-0.25, -0.2) is 4.98 Å². The van der Waals surface area contributed by atoms with Crippen LogP contribution in [0.1, 0.15) is 21.7 Å². The highest BCUT2D eigenvalue weighted by Gasteiger charge is 2.24. The number of ether oxygens (including phenoxy) is 1. The minimum atomic E-state index is -0.492. The number of imidazole rings is 1. The molecule has 1 atom stereocenters. The molecule has 0 radical (unpaired) electrons. The third-order valence-electron chi connectivity index (χ3n) is 4.94. The average molecular weight is 419 g/mol. The fourth-order valence-corrected chi connectivity index (χ4v) is 4.02. The number of H-pyrrole nitrogens is 1. The second-order valence-electron chi connectivity index (χ2n) is 6.93. The first-order chi connectivity index (χ1) is 13.4. The number of rotatable bonds is 4. The monoisotopic (exact) mass is 418 g/mol. The molecule has 2 aromatic carbocycles. The van der Waals surface area contributed by atoms with Crippen molar-refractivity contribution >= 4 is 45.8 Å². The number of aromatic nitrogens is 2. The zero-order chi connectivity index (χ0) is 19.8. The van der Waals surface area contributed by atoms with Crippen molar-refractivity contribution in [1.29, 1.82) is 0 Å². The van der Waals surface area contributed by atoms with E-state index in [1.807, 2.05) is 25.1 Å². The van der Waals surface area contributed by atoms with Crippen molar-refractivity contribution < 1.29 is 9.53 Å². The summed E-state index contributed by atoms with van der Waals surface area (Å²) >= 11 is 12.4. The van der Waals surface area contributed by atoms with Crippen molar-refractivity contribution in [3.8, 4) is 0 Å². The highest BCUT2D eigenvalue weighted by Crippen LogP contribution is 2.29. The molecule has 0 aliphatic carbocycles. The van der Waals surface area contributed by atoms with Crippen molar-refractivity contribution in [3.05, 3.63) is 57.3 Å². The Morgan fingerprint density at radius 3 is 3.00 bits per heavy atom. The van der Waals surface area contributed by atoms with Crippen LogP contribution < -0.4 is 10.6 Å². The molecule has 1 saturated heterocycles. The number of fused-ring (bicyclic) bond motifs is 1. The molecule has 8 heteroatoms. The van der Waals surface area contributed by atoms with E-state index in [0.717, 1.165) is 29.1 Å². The van der Waals surface area contributed by atoms with Crippen LogP contribution in [-0.4, -0.2) is 41.7 Å². The molecule has 146 valence electrons. The van der Waals surface area contributed by atoms with Gasteiger partial charge in [0.25, 0.3) is 5.91 Å². The number of anilines is 1. The SMILES string of the molecule is Cc1nc2c(C(N)=O)cc(N3CCOC(Cc4cccc(Cl)c4Cl)C3)cc2[nH]1. The molecule has 0 bridgehead atoms. The molecule has 3 N–H and O–H groups in total. The van der Waals surface area contributed by atoms with E-state index in [1.54, 1.807) is 12.1 Å². The first-order valence-electron chi connectivity index (χ1n) is 9.02. The Hall–Kier alpha value is -2.28. The Morgan fingerprint density at radius 1 is 1.39 bits per heavy atom. The predicted octanol–water partition coefficient (Wildman–Crippen LogP) is 3.72. The Labute approximate surface area is 172 Å². The number of hydrogen-bond donors (Lipinski definition) is 2. The minimum Gasteiger partial charge on any atom is -0.374 e. The summed E-state index contributed by atoms with van der Waals surface area (Å²) in [4.78, 5) is 21.7. The molecule has 6 nitrogen and oxygen atoms in total. The van der Waals surface area contributed by atoms with Crippen LogP contribution in [0.25, 0.3) is 11.0 Å². The molecule has 1 aromatic heterocycles. The van der Waals surface area contributed by atoms with Gasteiger partial charge in [-0.2, -0.15) is 0 Å². The Bertz CT molecular complexity index is 1050. The number of carbonyl (C=O) groups is 1. The van der Waals surface area contributed by atoms with Gasteiger partial charge < -0.3 is 20.4 Å². The zero-order valence-corrected chi connectivity index (χ0v) is 16.8. The third-order valence-corrected chi connectivity index (χ3v) is 5.80. The summed E-state index contributed by atoms with van der Waals surface area (Å²) in [6, 6.07) is 9.42. The molecule has 0 spiro atoms. The van der Waals surface area contributed by atoms with E-state index < -0.39 is 5.91 Å². The zero-order valence-electron chi connectivity index (χ0n) is 15.3. The van der Waals surface area contributed by atoms with Crippen molar-refractivity contribution in [3.63, 3.8) is 0 Å². The highest BCUT2D eigenvalue weighted by molar-refractivity contribution is 6.42. The molecule has 1 amide bonds. The highest BCUT2D eigenvalue weighted by atomic mass is 35.5. The van der Waals surface area contributed by atoms with Crippen molar-refractivity contribution in [1.82, 2.24) is 9.97 Å². The number of nitrogens with one attached hydrogen (secondary N) is 1. The van der Waals surface area contributed by atoms with Gasteiger partial charge in [0.1, 0.15) is 11.3 Å². The lowest BCUT2D eigenvalue weighted by atomic mass is 10.1. The maximum absolute atomic E-state index is 11.9. The maximum atomic E-state index is 11.9. The molecular weight excluding hydrogens is 399 g/mol. The summed E-state index contributed by atoms with van der Waals surface area (Å²) in [7, 11) is 0. The minimum absolute atomic E-state index is 0.0408. The van der Waals surface area contributed by atoms with Gasteiger partial charge in [0.2, 0.25) is 0 Å². The molecule has 4 rings (SSSR count). The molecule has 1 aliphatic rings. The molecule has 3 aromatic rings. The van der Waals surface area contributed by atoms with E-state index in [0.29, 0.717) is 40.7 Å². The number of benzene rings is 2. The van der Waals surface area contributed by atoms with Crippen LogP contribution in [0, 0.1) is 6.92 Å². The molecule has 0 saturated carbocycles. The lowest BCUT2D eigenvalue weighted by Gasteiger charge is -2.35. The lowest BCUT2D eigenvalue weighted by Crippen LogP contribution is -2.43. The summed E-state index contributed by atoms with van der Waals surface area (Å²) in [5, 5.41) is 1.10. The number of carbonyl (C=O) groups excluding carboxylic acids is 1. The van der Waals surface area contributed by atoms with E-state index in [4.69, 9.17) is 33.7 Å². The van der Waals surface area contributed by atoms with Gasteiger partial charge in [-0.3, -0.25) is 4.79 Å². The lowest BCUT2D eigenvalue weighted by molar-refractivity contribution is 0.0411. The number of morpholine rings is 1. The Kier molecular flexibility index (Phi) is 5.19.